The van der Waals surface area contributed by atoms with E-state index in [0.29, 0.717) is 0 Å². The van der Waals surface area contributed by atoms with Crippen molar-refractivity contribution in [1.82, 2.24) is 10.8 Å². The van der Waals surface area contributed by atoms with Crippen molar-refractivity contribution in [3.8, 4) is 0 Å². The van der Waals surface area contributed by atoms with Crippen molar-refractivity contribution in [2.75, 3.05) is 7.05 Å². The molecular formula is C3H7N3O3. The van der Waals surface area contributed by atoms with Crippen molar-refractivity contribution >= 4 is 12.1 Å². The molecule has 0 saturated carbocycles. The van der Waals surface area contributed by atoms with E-state index in [1.165, 1.54) is 7.05 Å². The fraction of sp³-hybridized carbons (Fsp3) is 0.333. The fourth-order valence-electron chi connectivity index (χ4n) is 0.148. The maximum absolute atomic E-state index is 10.2. The molecule has 0 radical (unpaired) electrons. The zero-order valence-electron chi connectivity index (χ0n) is 4.80. The number of primary amides is 1. The molecule has 0 aliphatic heterocycles. The largest absolute Gasteiger partial charge is 0.428 e. The Labute approximate surface area is 51.3 Å². The molecule has 6 nitrogen and oxygen atoms in total. The Hall–Kier alpha value is -1.46. The molecule has 0 bridgehead atoms. The minimum absolute atomic E-state index is 0.631. The van der Waals surface area contributed by atoms with Crippen molar-refractivity contribution in [1.29, 1.82) is 0 Å². The quantitative estimate of drug-likeness (QED) is 0.367. The second-order valence-corrected chi connectivity index (χ2v) is 1.10. The van der Waals surface area contributed by atoms with Gasteiger partial charge >= 0.3 is 12.1 Å². The molecular weight excluding hydrogens is 126 g/mol. The van der Waals surface area contributed by atoms with Gasteiger partial charge < -0.3 is 15.9 Å². The number of hydroxylamine groups is 1. The molecule has 52 valence electrons. The first-order chi connectivity index (χ1) is 4.16. The van der Waals surface area contributed by atoms with Crippen LogP contribution < -0.4 is 16.5 Å². The first kappa shape index (κ1) is 7.54. The van der Waals surface area contributed by atoms with Crippen molar-refractivity contribution in [3.63, 3.8) is 0 Å². The van der Waals surface area contributed by atoms with E-state index in [4.69, 9.17) is 0 Å². The van der Waals surface area contributed by atoms with Crippen LogP contribution >= 0.6 is 0 Å². The number of carbonyl (C=O) groups excluding carboxylic acids is 2. The smallest absolute Gasteiger partial charge is 0.339 e. The standard InChI is InChI=1S/C3H7N3O3/c1-5-3(8)6-9-2(4)7/h1H3,(H2,4,7)(H2,5,6,8). The normalized spacial score (nSPS) is 7.67. The van der Waals surface area contributed by atoms with Gasteiger partial charge in [-0.15, -0.1) is 0 Å². The lowest BCUT2D eigenvalue weighted by Gasteiger charge is -1.99. The van der Waals surface area contributed by atoms with Crippen LogP contribution in [-0.4, -0.2) is 19.2 Å². The number of carbonyl (C=O) groups is 2. The first-order valence-electron chi connectivity index (χ1n) is 2.11. The molecule has 0 rings (SSSR count). The van der Waals surface area contributed by atoms with Gasteiger partial charge in [0, 0.05) is 7.05 Å². The molecule has 0 aliphatic carbocycles. The Morgan fingerprint density at radius 1 is 1.56 bits per heavy atom. The number of nitrogens with two attached hydrogens (primary N) is 1. The molecule has 4 N–H and O–H groups in total. The summed E-state index contributed by atoms with van der Waals surface area (Å²) in [7, 11) is 1.37. The van der Waals surface area contributed by atoms with Crippen LogP contribution in [0.2, 0.25) is 0 Å². The Kier molecular flexibility index (Phi) is 2.96. The van der Waals surface area contributed by atoms with Gasteiger partial charge in [-0.1, -0.05) is 0 Å². The van der Waals surface area contributed by atoms with E-state index in [1.54, 1.807) is 5.48 Å². The van der Waals surface area contributed by atoms with Gasteiger partial charge in [-0.25, -0.2) is 9.59 Å². The molecule has 0 aromatic rings. The number of nitrogens with one attached hydrogen (secondary N) is 2. The predicted octanol–water partition coefficient (Wildman–Crippen LogP) is -1.07. The van der Waals surface area contributed by atoms with Gasteiger partial charge in [-0.3, -0.25) is 0 Å². The monoisotopic (exact) mass is 133 g/mol. The van der Waals surface area contributed by atoms with Crippen LogP contribution in [0, 0.1) is 0 Å². The summed E-state index contributed by atoms with van der Waals surface area (Å²) in [6.45, 7) is 0. The Balaban J connectivity index is 3.28. The van der Waals surface area contributed by atoms with E-state index in [1.807, 2.05) is 0 Å². The topological polar surface area (TPSA) is 93.4 Å². The molecule has 0 fully saturated rings. The zero-order chi connectivity index (χ0) is 7.28. The number of hydrogen-bond acceptors (Lipinski definition) is 3. The molecule has 0 aliphatic rings. The van der Waals surface area contributed by atoms with Gasteiger partial charge in [0.15, 0.2) is 0 Å². The molecule has 0 aromatic heterocycles. The van der Waals surface area contributed by atoms with Gasteiger partial charge in [0.05, 0.1) is 0 Å². The van der Waals surface area contributed by atoms with Crippen molar-refractivity contribution in [2.45, 2.75) is 0 Å². The van der Waals surface area contributed by atoms with Gasteiger partial charge in [-0.2, -0.15) is 5.48 Å². The van der Waals surface area contributed by atoms with E-state index >= 15 is 0 Å². The summed E-state index contributed by atoms with van der Waals surface area (Å²) in [4.78, 5) is 23.8. The van der Waals surface area contributed by atoms with Crippen molar-refractivity contribution in [3.05, 3.63) is 0 Å². The fourth-order valence-corrected chi connectivity index (χ4v) is 0.148. The lowest BCUT2D eigenvalue weighted by Crippen LogP contribution is -2.36. The predicted molar refractivity (Wildman–Crippen MR) is 28.3 cm³/mol. The molecule has 0 heterocycles. The second kappa shape index (κ2) is 3.53. The first-order valence-corrected chi connectivity index (χ1v) is 2.11. The molecule has 3 amide bonds. The minimum Gasteiger partial charge on any atom is -0.339 e. The summed E-state index contributed by atoms with van der Waals surface area (Å²) in [6, 6.07) is -0.631. The van der Waals surface area contributed by atoms with Gasteiger partial charge in [-0.05, 0) is 0 Å². The van der Waals surface area contributed by atoms with Crippen LogP contribution in [-0.2, 0) is 4.84 Å². The Morgan fingerprint density at radius 2 is 2.11 bits per heavy atom. The van der Waals surface area contributed by atoms with Crippen molar-refractivity contribution in [2.24, 2.45) is 5.73 Å². The average Bonchev–Trinajstić information content (AvgIpc) is 1.83. The van der Waals surface area contributed by atoms with Gasteiger partial charge in [0.25, 0.3) is 0 Å². The highest BCUT2D eigenvalue weighted by Crippen LogP contribution is 1.64. The Bertz CT molecular complexity index is 123. The molecule has 0 aromatic carbocycles. The minimum atomic E-state index is -1.06. The number of rotatable bonds is 0. The van der Waals surface area contributed by atoms with Crippen LogP contribution in [0.1, 0.15) is 0 Å². The summed E-state index contributed by atoms with van der Waals surface area (Å²) < 4.78 is 0. The van der Waals surface area contributed by atoms with Crippen LogP contribution in [0.5, 0.6) is 0 Å². The lowest BCUT2D eigenvalue weighted by atomic mass is 11.0. The van der Waals surface area contributed by atoms with E-state index < -0.39 is 12.1 Å². The summed E-state index contributed by atoms with van der Waals surface area (Å²) >= 11 is 0. The average molecular weight is 133 g/mol. The molecule has 0 spiro atoms. The maximum Gasteiger partial charge on any atom is 0.428 e. The van der Waals surface area contributed by atoms with Crippen LogP contribution in [0.4, 0.5) is 9.59 Å². The van der Waals surface area contributed by atoms with Gasteiger partial charge in [0.2, 0.25) is 0 Å². The van der Waals surface area contributed by atoms with Crippen molar-refractivity contribution < 1.29 is 14.4 Å². The van der Waals surface area contributed by atoms with Gasteiger partial charge in [0.1, 0.15) is 0 Å². The van der Waals surface area contributed by atoms with E-state index in [-0.39, 0.29) is 0 Å². The molecule has 0 atom stereocenters. The summed E-state index contributed by atoms with van der Waals surface area (Å²) in [5.41, 5.74) is 6.20. The highest BCUT2D eigenvalue weighted by molar-refractivity contribution is 5.74. The Morgan fingerprint density at radius 3 is 2.44 bits per heavy atom. The third-order valence-corrected chi connectivity index (χ3v) is 0.471. The van der Waals surface area contributed by atoms with Crippen LogP contribution in [0.15, 0.2) is 0 Å². The summed E-state index contributed by atoms with van der Waals surface area (Å²) in [5.74, 6) is 0. The highest BCUT2D eigenvalue weighted by atomic mass is 16.7. The maximum atomic E-state index is 10.2. The lowest BCUT2D eigenvalue weighted by molar-refractivity contribution is 0.109. The molecule has 0 unspecified atom stereocenters. The summed E-state index contributed by atoms with van der Waals surface area (Å²) in [6.07, 6.45) is -1.06. The number of hydrogen-bond donors (Lipinski definition) is 3. The zero-order valence-corrected chi connectivity index (χ0v) is 4.80. The van der Waals surface area contributed by atoms with E-state index in [0.717, 1.165) is 0 Å². The SMILES string of the molecule is CNC(=O)NOC(N)=O. The third-order valence-electron chi connectivity index (χ3n) is 0.471. The highest BCUT2D eigenvalue weighted by Gasteiger charge is 1.96. The number of urea groups is 1. The molecule has 9 heavy (non-hydrogen) atoms. The van der Waals surface area contributed by atoms with E-state index in [2.05, 4.69) is 15.9 Å². The number of amides is 3. The van der Waals surface area contributed by atoms with E-state index in [9.17, 15) is 9.59 Å². The third kappa shape index (κ3) is 4.39. The second-order valence-electron chi connectivity index (χ2n) is 1.10. The molecule has 6 heteroatoms. The van der Waals surface area contributed by atoms with Crippen LogP contribution in [0.3, 0.4) is 0 Å². The van der Waals surface area contributed by atoms with Crippen LogP contribution in [0.25, 0.3) is 0 Å². The summed E-state index contributed by atoms with van der Waals surface area (Å²) in [5, 5.41) is 2.14. The molecule has 0 saturated heterocycles.